The summed E-state index contributed by atoms with van der Waals surface area (Å²) in [5, 5.41) is 8.46. The van der Waals surface area contributed by atoms with E-state index in [1.807, 2.05) is 32.9 Å². The number of nitrogens with one attached hydrogen (secondary N) is 1. The van der Waals surface area contributed by atoms with E-state index >= 15 is 0 Å². The molecule has 0 aliphatic heterocycles. The normalized spacial score (nSPS) is 11.1. The molecule has 1 N–H and O–H groups in total. The lowest BCUT2D eigenvalue weighted by molar-refractivity contribution is 0.0929. The standard InChI is InChI=1S/C17H23N3O2/c1-4-11-20-17(22)14-10-8-7-9-13(14)15(19-20)16(21)18-12(5-2)6-3/h7-10,12H,4-6,11H2,1-3H3,(H,18,21). The molecule has 22 heavy (non-hydrogen) atoms. The third kappa shape index (κ3) is 3.18. The predicted molar refractivity (Wildman–Crippen MR) is 88.1 cm³/mol. The Morgan fingerprint density at radius 1 is 1.18 bits per heavy atom. The molecule has 2 rings (SSSR count). The molecule has 1 aromatic heterocycles. The number of fused-ring (bicyclic) bond motifs is 1. The predicted octanol–water partition coefficient (Wildman–Crippen LogP) is 2.72. The van der Waals surface area contributed by atoms with Gasteiger partial charge in [-0.25, -0.2) is 4.68 Å². The molecule has 0 fully saturated rings. The van der Waals surface area contributed by atoms with Gasteiger partial charge in [-0.05, 0) is 25.3 Å². The van der Waals surface area contributed by atoms with Gasteiger partial charge in [0, 0.05) is 18.0 Å². The van der Waals surface area contributed by atoms with Crippen LogP contribution in [0.1, 0.15) is 50.5 Å². The zero-order valence-corrected chi connectivity index (χ0v) is 13.4. The van der Waals surface area contributed by atoms with Gasteiger partial charge < -0.3 is 5.32 Å². The molecule has 1 amide bonds. The van der Waals surface area contributed by atoms with Crippen molar-refractivity contribution in [2.45, 2.75) is 52.6 Å². The van der Waals surface area contributed by atoms with Gasteiger partial charge in [0.2, 0.25) is 0 Å². The molecule has 5 heteroatoms. The zero-order valence-electron chi connectivity index (χ0n) is 13.4. The van der Waals surface area contributed by atoms with Crippen LogP contribution in [0.4, 0.5) is 0 Å². The summed E-state index contributed by atoms with van der Waals surface area (Å²) < 4.78 is 1.39. The van der Waals surface area contributed by atoms with E-state index in [-0.39, 0.29) is 17.5 Å². The van der Waals surface area contributed by atoms with E-state index in [0.29, 0.717) is 23.0 Å². The van der Waals surface area contributed by atoms with Crippen molar-refractivity contribution in [1.29, 1.82) is 0 Å². The third-order valence-electron chi connectivity index (χ3n) is 3.84. The molecule has 0 saturated carbocycles. The lowest BCUT2D eigenvalue weighted by Gasteiger charge is -2.16. The summed E-state index contributed by atoms with van der Waals surface area (Å²) in [5.41, 5.74) is 0.187. The number of aryl methyl sites for hydroxylation is 1. The number of hydrogen-bond acceptors (Lipinski definition) is 3. The maximum atomic E-state index is 12.6. The molecule has 0 bridgehead atoms. The Morgan fingerprint density at radius 3 is 2.41 bits per heavy atom. The van der Waals surface area contributed by atoms with Crippen LogP contribution in [0, 0.1) is 0 Å². The highest BCUT2D eigenvalue weighted by molar-refractivity contribution is 6.04. The fourth-order valence-electron chi connectivity index (χ4n) is 2.51. The molecule has 1 heterocycles. The van der Waals surface area contributed by atoms with E-state index in [0.717, 1.165) is 19.3 Å². The number of benzene rings is 1. The van der Waals surface area contributed by atoms with Gasteiger partial charge in [-0.2, -0.15) is 5.10 Å². The molecular formula is C17H23N3O2. The van der Waals surface area contributed by atoms with E-state index < -0.39 is 0 Å². The second-order valence-electron chi connectivity index (χ2n) is 5.41. The van der Waals surface area contributed by atoms with Gasteiger partial charge in [-0.3, -0.25) is 9.59 Å². The van der Waals surface area contributed by atoms with Crippen molar-refractivity contribution in [1.82, 2.24) is 15.1 Å². The molecule has 0 aliphatic rings. The number of amides is 1. The van der Waals surface area contributed by atoms with Crippen molar-refractivity contribution in [3.05, 3.63) is 40.3 Å². The highest BCUT2D eigenvalue weighted by atomic mass is 16.2. The van der Waals surface area contributed by atoms with Crippen LogP contribution in [0.3, 0.4) is 0 Å². The van der Waals surface area contributed by atoms with Crippen molar-refractivity contribution in [2.24, 2.45) is 0 Å². The molecule has 0 radical (unpaired) electrons. The average Bonchev–Trinajstić information content (AvgIpc) is 2.55. The Bertz CT molecular complexity index is 717. The Labute approximate surface area is 130 Å². The van der Waals surface area contributed by atoms with E-state index in [1.165, 1.54) is 4.68 Å². The van der Waals surface area contributed by atoms with Crippen molar-refractivity contribution in [3.8, 4) is 0 Å². The monoisotopic (exact) mass is 301 g/mol. The summed E-state index contributed by atoms with van der Waals surface area (Å²) in [6, 6.07) is 7.28. The quantitative estimate of drug-likeness (QED) is 0.892. The van der Waals surface area contributed by atoms with Gasteiger partial charge in [0.25, 0.3) is 11.5 Å². The fourth-order valence-corrected chi connectivity index (χ4v) is 2.51. The van der Waals surface area contributed by atoms with Gasteiger partial charge in [0.15, 0.2) is 5.69 Å². The van der Waals surface area contributed by atoms with E-state index in [1.54, 1.807) is 12.1 Å². The first-order chi connectivity index (χ1) is 10.6. The molecule has 0 atom stereocenters. The van der Waals surface area contributed by atoms with Crippen LogP contribution in [0.2, 0.25) is 0 Å². The Balaban J connectivity index is 2.54. The molecule has 0 spiro atoms. The topological polar surface area (TPSA) is 64.0 Å². The summed E-state index contributed by atoms with van der Waals surface area (Å²) in [5.74, 6) is -0.213. The minimum absolute atomic E-state index is 0.125. The molecule has 0 saturated heterocycles. The first kappa shape index (κ1) is 16.2. The molecule has 2 aromatic rings. The van der Waals surface area contributed by atoms with Gasteiger partial charge in [-0.15, -0.1) is 0 Å². The molecule has 0 unspecified atom stereocenters. The molecule has 118 valence electrons. The van der Waals surface area contributed by atoms with Gasteiger partial charge in [0.05, 0.1) is 5.39 Å². The maximum absolute atomic E-state index is 12.6. The Morgan fingerprint density at radius 2 is 1.82 bits per heavy atom. The molecular weight excluding hydrogens is 278 g/mol. The largest absolute Gasteiger partial charge is 0.348 e. The van der Waals surface area contributed by atoms with Gasteiger partial charge >= 0.3 is 0 Å². The van der Waals surface area contributed by atoms with Crippen molar-refractivity contribution in [3.63, 3.8) is 0 Å². The third-order valence-corrected chi connectivity index (χ3v) is 3.84. The number of carbonyl (C=O) groups excluding carboxylic acids is 1. The van der Waals surface area contributed by atoms with E-state index in [2.05, 4.69) is 10.4 Å². The van der Waals surface area contributed by atoms with Gasteiger partial charge in [-0.1, -0.05) is 39.0 Å². The van der Waals surface area contributed by atoms with Crippen LogP contribution < -0.4 is 10.9 Å². The number of carbonyl (C=O) groups is 1. The molecule has 5 nitrogen and oxygen atoms in total. The Kier molecular flexibility index (Phi) is 5.31. The minimum Gasteiger partial charge on any atom is -0.348 e. The smallest absolute Gasteiger partial charge is 0.274 e. The van der Waals surface area contributed by atoms with E-state index in [9.17, 15) is 9.59 Å². The SMILES string of the molecule is CCCn1nc(C(=O)NC(CC)CC)c2ccccc2c1=O. The minimum atomic E-state index is -0.213. The van der Waals surface area contributed by atoms with Crippen molar-refractivity contribution >= 4 is 16.7 Å². The molecule has 0 aliphatic carbocycles. The second-order valence-corrected chi connectivity index (χ2v) is 5.41. The maximum Gasteiger partial charge on any atom is 0.274 e. The van der Waals surface area contributed by atoms with Crippen LogP contribution in [0.15, 0.2) is 29.1 Å². The first-order valence-corrected chi connectivity index (χ1v) is 7.93. The lowest BCUT2D eigenvalue weighted by atomic mass is 10.1. The summed E-state index contributed by atoms with van der Waals surface area (Å²) in [7, 11) is 0. The Hall–Kier alpha value is -2.17. The number of aromatic nitrogens is 2. The van der Waals surface area contributed by atoms with Crippen LogP contribution in [-0.2, 0) is 6.54 Å². The van der Waals surface area contributed by atoms with Crippen LogP contribution in [0.5, 0.6) is 0 Å². The fraction of sp³-hybridized carbons (Fsp3) is 0.471. The van der Waals surface area contributed by atoms with Crippen molar-refractivity contribution < 1.29 is 4.79 Å². The number of nitrogens with zero attached hydrogens (tertiary/aromatic N) is 2. The zero-order chi connectivity index (χ0) is 16.1. The summed E-state index contributed by atoms with van der Waals surface area (Å²) >= 11 is 0. The van der Waals surface area contributed by atoms with E-state index in [4.69, 9.17) is 0 Å². The first-order valence-electron chi connectivity index (χ1n) is 7.93. The summed E-state index contributed by atoms with van der Waals surface area (Å²) in [6.07, 6.45) is 2.53. The second kappa shape index (κ2) is 7.20. The van der Waals surface area contributed by atoms with Crippen LogP contribution in [0.25, 0.3) is 10.8 Å². The van der Waals surface area contributed by atoms with Gasteiger partial charge in [0.1, 0.15) is 0 Å². The highest BCUT2D eigenvalue weighted by Crippen LogP contribution is 2.14. The van der Waals surface area contributed by atoms with Crippen LogP contribution >= 0.6 is 0 Å². The lowest BCUT2D eigenvalue weighted by Crippen LogP contribution is -2.36. The van der Waals surface area contributed by atoms with Crippen LogP contribution in [-0.4, -0.2) is 21.7 Å². The average molecular weight is 301 g/mol. The highest BCUT2D eigenvalue weighted by Gasteiger charge is 2.18. The number of rotatable bonds is 6. The summed E-state index contributed by atoms with van der Waals surface area (Å²) in [6.45, 7) is 6.57. The molecule has 1 aromatic carbocycles. The van der Waals surface area contributed by atoms with Crippen molar-refractivity contribution in [2.75, 3.05) is 0 Å². The number of hydrogen-bond donors (Lipinski definition) is 1. The summed E-state index contributed by atoms with van der Waals surface area (Å²) in [4.78, 5) is 25.0.